The lowest BCUT2D eigenvalue weighted by atomic mass is 10.4. The van der Waals surface area contributed by atoms with Crippen LogP contribution in [0.1, 0.15) is 0 Å². The Morgan fingerprint density at radius 3 is 2.70 bits per heavy atom. The van der Waals surface area contributed by atoms with Gasteiger partial charge < -0.3 is 10.1 Å². The van der Waals surface area contributed by atoms with Gasteiger partial charge >= 0.3 is 0 Å². The lowest BCUT2D eigenvalue weighted by Crippen LogP contribution is -2.13. The van der Waals surface area contributed by atoms with Gasteiger partial charge in [-0.05, 0) is 6.08 Å². The highest BCUT2D eigenvalue weighted by Crippen LogP contribution is 1.76. The molecule has 0 aromatic rings. The molecule has 1 N–H and O–H groups in total. The van der Waals surface area contributed by atoms with Crippen molar-refractivity contribution in [3.63, 3.8) is 0 Å². The Bertz CT molecular complexity index is 150. The van der Waals surface area contributed by atoms with Crippen molar-refractivity contribution in [2.24, 2.45) is 0 Å². The van der Waals surface area contributed by atoms with Gasteiger partial charge in [0.05, 0.1) is 13.4 Å². The predicted octanol–water partition coefficient (Wildman–Crippen LogP) is 0.449. The number of carbonyl (C=O) groups excluding carboxylic acids is 1. The average Bonchev–Trinajstić information content (AvgIpc) is 1.98. The smallest absolute Gasteiger partial charge is 0.243 e. The molecule has 0 saturated heterocycles. The summed E-state index contributed by atoms with van der Waals surface area (Å²) in [5.74, 6) is -0.124. The third kappa shape index (κ3) is 4.90. The van der Waals surface area contributed by atoms with E-state index in [0.717, 1.165) is 0 Å². The van der Waals surface area contributed by atoms with Crippen LogP contribution in [-0.4, -0.2) is 20.1 Å². The van der Waals surface area contributed by atoms with Gasteiger partial charge in [0, 0.05) is 13.1 Å². The minimum absolute atomic E-state index is 0.124. The molecule has 0 bridgehead atoms. The largest absolute Gasteiger partial charge is 0.504 e. The van der Waals surface area contributed by atoms with E-state index in [9.17, 15) is 4.79 Å². The molecule has 0 aliphatic heterocycles. The van der Waals surface area contributed by atoms with Gasteiger partial charge in [-0.25, -0.2) is 0 Å². The Labute approximate surface area is 60.4 Å². The Balaban J connectivity index is 3.55. The summed E-state index contributed by atoms with van der Waals surface area (Å²) in [6.07, 6.45) is 6.13. The molecule has 0 heterocycles. The molecule has 3 nitrogen and oxygen atoms in total. The Hall–Kier alpha value is -1.25. The van der Waals surface area contributed by atoms with Crippen molar-refractivity contribution in [3.8, 4) is 0 Å². The van der Waals surface area contributed by atoms with Crippen LogP contribution in [0.5, 0.6) is 0 Å². The van der Waals surface area contributed by atoms with Gasteiger partial charge in [0.2, 0.25) is 5.91 Å². The molecule has 0 atom stereocenters. The van der Waals surface area contributed by atoms with Crippen molar-refractivity contribution in [3.05, 3.63) is 24.5 Å². The molecule has 0 rings (SSSR count). The van der Waals surface area contributed by atoms with Crippen LogP contribution < -0.4 is 5.32 Å². The van der Waals surface area contributed by atoms with Gasteiger partial charge in [0.25, 0.3) is 0 Å². The van der Waals surface area contributed by atoms with Crippen LogP contribution in [0, 0.1) is 0 Å². The van der Waals surface area contributed by atoms with E-state index in [1.807, 2.05) is 0 Å². The standard InChI is InChI=1S/C7H11NO2/c1-8-7(9)5-3-4-6-10-2/h3-6H,1-2H3,(H,8,9)/b5-3+,6-4-. The molecule has 0 aromatic heterocycles. The summed E-state index contributed by atoms with van der Waals surface area (Å²) in [5.41, 5.74) is 0. The van der Waals surface area contributed by atoms with E-state index in [1.165, 1.54) is 12.3 Å². The molecule has 10 heavy (non-hydrogen) atoms. The van der Waals surface area contributed by atoms with Crippen molar-refractivity contribution >= 4 is 5.91 Å². The van der Waals surface area contributed by atoms with E-state index in [-0.39, 0.29) is 5.91 Å². The minimum atomic E-state index is -0.124. The van der Waals surface area contributed by atoms with Gasteiger partial charge in [0.15, 0.2) is 0 Å². The maximum Gasteiger partial charge on any atom is 0.243 e. The average molecular weight is 141 g/mol. The van der Waals surface area contributed by atoms with Gasteiger partial charge in [-0.2, -0.15) is 0 Å². The van der Waals surface area contributed by atoms with E-state index in [2.05, 4.69) is 10.1 Å². The summed E-state index contributed by atoms with van der Waals surface area (Å²) in [6, 6.07) is 0. The molecule has 0 fully saturated rings. The summed E-state index contributed by atoms with van der Waals surface area (Å²) in [7, 11) is 3.12. The van der Waals surface area contributed by atoms with Crippen molar-refractivity contribution in [2.75, 3.05) is 14.2 Å². The number of hydrogen-bond donors (Lipinski definition) is 1. The van der Waals surface area contributed by atoms with Crippen LogP contribution in [0.25, 0.3) is 0 Å². The van der Waals surface area contributed by atoms with E-state index < -0.39 is 0 Å². The molecule has 0 saturated carbocycles. The fraction of sp³-hybridized carbons (Fsp3) is 0.286. The Kier molecular flexibility index (Phi) is 5.14. The normalized spacial score (nSPS) is 10.6. The van der Waals surface area contributed by atoms with Crippen molar-refractivity contribution in [2.45, 2.75) is 0 Å². The van der Waals surface area contributed by atoms with Gasteiger partial charge in [-0.15, -0.1) is 0 Å². The molecule has 3 heteroatoms. The van der Waals surface area contributed by atoms with Crippen LogP contribution in [0.4, 0.5) is 0 Å². The number of likely N-dealkylation sites (N-methyl/N-ethyl adjacent to an activating group) is 1. The van der Waals surface area contributed by atoms with Gasteiger partial charge in [-0.1, -0.05) is 6.08 Å². The van der Waals surface area contributed by atoms with Crippen LogP contribution in [-0.2, 0) is 9.53 Å². The summed E-state index contributed by atoms with van der Waals surface area (Å²) < 4.78 is 4.59. The van der Waals surface area contributed by atoms with E-state index in [1.54, 1.807) is 26.3 Å². The van der Waals surface area contributed by atoms with Gasteiger partial charge in [-0.3, -0.25) is 4.79 Å². The maximum absolute atomic E-state index is 10.5. The fourth-order valence-corrected chi connectivity index (χ4v) is 0.350. The molecule has 56 valence electrons. The van der Waals surface area contributed by atoms with E-state index in [4.69, 9.17) is 0 Å². The first-order chi connectivity index (χ1) is 4.81. The minimum Gasteiger partial charge on any atom is -0.504 e. The summed E-state index contributed by atoms with van der Waals surface area (Å²) in [4.78, 5) is 10.5. The highest BCUT2D eigenvalue weighted by Gasteiger charge is 1.82. The highest BCUT2D eigenvalue weighted by atomic mass is 16.5. The number of ether oxygens (including phenoxy) is 1. The Morgan fingerprint density at radius 2 is 2.20 bits per heavy atom. The van der Waals surface area contributed by atoms with Gasteiger partial charge in [0.1, 0.15) is 0 Å². The molecular weight excluding hydrogens is 130 g/mol. The number of hydrogen-bond acceptors (Lipinski definition) is 2. The van der Waals surface area contributed by atoms with Crippen LogP contribution in [0.15, 0.2) is 24.5 Å². The topological polar surface area (TPSA) is 38.3 Å². The summed E-state index contributed by atoms with van der Waals surface area (Å²) in [5, 5.41) is 2.44. The molecule has 0 aliphatic rings. The van der Waals surface area contributed by atoms with Crippen molar-refractivity contribution < 1.29 is 9.53 Å². The summed E-state index contributed by atoms with van der Waals surface area (Å²) in [6.45, 7) is 0. The molecule has 0 aliphatic carbocycles. The predicted molar refractivity (Wildman–Crippen MR) is 39.4 cm³/mol. The third-order valence-corrected chi connectivity index (χ3v) is 0.820. The number of carbonyl (C=O) groups is 1. The van der Waals surface area contributed by atoms with Crippen molar-refractivity contribution in [1.82, 2.24) is 5.32 Å². The molecule has 0 unspecified atom stereocenters. The Morgan fingerprint density at radius 1 is 1.50 bits per heavy atom. The maximum atomic E-state index is 10.5. The zero-order chi connectivity index (χ0) is 7.82. The zero-order valence-corrected chi connectivity index (χ0v) is 6.13. The zero-order valence-electron chi connectivity index (χ0n) is 6.13. The molecule has 0 aromatic carbocycles. The lowest BCUT2D eigenvalue weighted by molar-refractivity contribution is -0.116. The quantitative estimate of drug-likeness (QED) is 0.352. The van der Waals surface area contributed by atoms with Crippen LogP contribution >= 0.6 is 0 Å². The monoisotopic (exact) mass is 141 g/mol. The first-order valence-electron chi connectivity index (χ1n) is 2.89. The number of methoxy groups -OCH3 is 1. The second-order valence-corrected chi connectivity index (χ2v) is 1.54. The molecule has 0 spiro atoms. The lowest BCUT2D eigenvalue weighted by Gasteiger charge is -1.86. The number of rotatable bonds is 3. The second kappa shape index (κ2) is 5.88. The van der Waals surface area contributed by atoms with E-state index >= 15 is 0 Å². The highest BCUT2D eigenvalue weighted by molar-refractivity contribution is 5.87. The van der Waals surface area contributed by atoms with E-state index in [0.29, 0.717) is 0 Å². The van der Waals surface area contributed by atoms with Crippen LogP contribution in [0.3, 0.4) is 0 Å². The number of allylic oxidation sites excluding steroid dienone is 2. The fourth-order valence-electron chi connectivity index (χ4n) is 0.350. The third-order valence-electron chi connectivity index (χ3n) is 0.820. The summed E-state index contributed by atoms with van der Waals surface area (Å²) >= 11 is 0. The number of amides is 1. The SMILES string of the molecule is CNC(=O)/C=C/C=C\OC. The first kappa shape index (κ1) is 8.75. The second-order valence-electron chi connectivity index (χ2n) is 1.54. The van der Waals surface area contributed by atoms with Crippen LogP contribution in [0.2, 0.25) is 0 Å². The molecule has 1 amide bonds. The molecule has 0 radical (unpaired) electrons. The van der Waals surface area contributed by atoms with Crippen molar-refractivity contribution in [1.29, 1.82) is 0 Å². The first-order valence-corrected chi connectivity index (χ1v) is 2.89. The molecular formula is C7H11NO2. The number of nitrogens with one attached hydrogen (secondary N) is 1.